The molecule has 1 N–H and O–H groups in total. The van der Waals surface area contributed by atoms with Gasteiger partial charge in [0.1, 0.15) is 11.7 Å². The van der Waals surface area contributed by atoms with E-state index in [1.54, 1.807) is 12.4 Å². The van der Waals surface area contributed by atoms with E-state index in [4.69, 9.17) is 9.98 Å². The van der Waals surface area contributed by atoms with E-state index in [9.17, 15) is 0 Å². The molecule has 51 heavy (non-hydrogen) atoms. The fraction of sp³-hybridized carbons (Fsp3) is 0.111. The maximum atomic E-state index is 5.25. The van der Waals surface area contributed by atoms with Gasteiger partial charge in [0.25, 0.3) is 0 Å². The summed E-state index contributed by atoms with van der Waals surface area (Å²) in [6, 6.07) is 37.0. The molecule has 4 heterocycles. The minimum Gasteiger partial charge on any atom is -0.324 e. The molecular formula is C45H36N6. The van der Waals surface area contributed by atoms with E-state index in [1.807, 2.05) is 36.7 Å². The Morgan fingerprint density at radius 3 is 1.84 bits per heavy atom. The Morgan fingerprint density at radius 1 is 0.647 bits per heavy atom. The largest absolute Gasteiger partial charge is 0.324 e. The van der Waals surface area contributed by atoms with Gasteiger partial charge in [0.15, 0.2) is 6.17 Å². The second-order valence-corrected chi connectivity index (χ2v) is 13.3. The summed E-state index contributed by atoms with van der Waals surface area (Å²) in [6.07, 6.45) is 16.5. The number of allylic oxidation sites excluding steroid dienone is 4. The summed E-state index contributed by atoms with van der Waals surface area (Å²) in [4.78, 5) is 19.3. The number of fused-ring (bicyclic) bond motifs is 3. The predicted octanol–water partition coefficient (Wildman–Crippen LogP) is 9.95. The normalized spacial score (nSPS) is 15.9. The summed E-state index contributed by atoms with van der Waals surface area (Å²) in [7, 11) is 0. The first kappa shape index (κ1) is 30.6. The van der Waals surface area contributed by atoms with Crippen LogP contribution in [0.25, 0.3) is 38.6 Å². The molecule has 6 nitrogen and oxygen atoms in total. The lowest BCUT2D eigenvalue weighted by Gasteiger charge is -2.27. The maximum Gasteiger partial charge on any atom is 0.169 e. The molecule has 0 saturated heterocycles. The molecule has 0 amide bonds. The monoisotopic (exact) mass is 660 g/mol. The molecule has 3 aromatic heterocycles. The van der Waals surface area contributed by atoms with Gasteiger partial charge in [-0.1, -0.05) is 77.9 Å². The topological polar surface area (TPSA) is 67.5 Å². The Kier molecular flexibility index (Phi) is 7.70. The maximum absolute atomic E-state index is 5.25. The number of rotatable bonds is 6. The molecule has 1 aliphatic carbocycles. The van der Waals surface area contributed by atoms with Crippen LogP contribution < -0.4 is 5.32 Å². The van der Waals surface area contributed by atoms with Crippen LogP contribution in [0.4, 0.5) is 0 Å². The van der Waals surface area contributed by atoms with Crippen molar-refractivity contribution in [1.29, 1.82) is 0 Å². The Hall–Kier alpha value is -6.40. The molecule has 0 saturated carbocycles. The second kappa shape index (κ2) is 12.8. The van der Waals surface area contributed by atoms with Gasteiger partial charge in [-0.25, -0.2) is 9.98 Å². The number of hydrogen-bond donors (Lipinski definition) is 1. The van der Waals surface area contributed by atoms with Crippen LogP contribution in [0, 0.1) is 13.8 Å². The van der Waals surface area contributed by atoms with Gasteiger partial charge in [0, 0.05) is 58.2 Å². The summed E-state index contributed by atoms with van der Waals surface area (Å²) in [6.45, 7) is 4.35. The number of amidine groups is 2. The number of benzene rings is 4. The molecule has 1 unspecified atom stereocenters. The second-order valence-electron chi connectivity index (χ2n) is 13.3. The van der Waals surface area contributed by atoms with Gasteiger partial charge in [-0.2, -0.15) is 0 Å². The van der Waals surface area contributed by atoms with E-state index < -0.39 is 6.17 Å². The van der Waals surface area contributed by atoms with Crippen LogP contribution >= 0.6 is 0 Å². The fourth-order valence-electron chi connectivity index (χ4n) is 7.40. The number of aromatic nitrogens is 3. The van der Waals surface area contributed by atoms with Crippen LogP contribution in [0.2, 0.25) is 0 Å². The van der Waals surface area contributed by atoms with Crippen molar-refractivity contribution >= 4 is 33.5 Å². The molecule has 7 aromatic rings. The van der Waals surface area contributed by atoms with Crippen LogP contribution in [-0.4, -0.2) is 26.2 Å². The molecule has 6 heteroatoms. The minimum atomic E-state index is -0.501. The zero-order valence-corrected chi connectivity index (χ0v) is 28.5. The van der Waals surface area contributed by atoms with Crippen LogP contribution in [0.3, 0.4) is 0 Å². The third-order valence-corrected chi connectivity index (χ3v) is 9.83. The molecule has 4 aromatic carbocycles. The van der Waals surface area contributed by atoms with Gasteiger partial charge in [-0.05, 0) is 97.6 Å². The number of pyridine rings is 2. The van der Waals surface area contributed by atoms with Crippen molar-refractivity contribution in [3.63, 3.8) is 0 Å². The standard InChI is InChI=1S/C45H36N6/c1-29-17-19-40-38(23-29)39-24-30(2)18-20-41(39)51(40)42-36(31-11-5-3-6-12-31)25-35(26-37(42)32-13-7-4-8-14-32)45-49-43(33-15-9-21-46-27-33)48-44(50-45)34-16-10-22-47-28-34/h3-13,15-28,32,45H,14H2,1-2H3,(H,48,49,50). The van der Waals surface area contributed by atoms with Gasteiger partial charge < -0.3 is 9.88 Å². The zero-order valence-electron chi connectivity index (χ0n) is 28.5. The number of hydrogen-bond acceptors (Lipinski definition) is 5. The molecular weight excluding hydrogens is 625 g/mol. The highest BCUT2D eigenvalue weighted by Gasteiger charge is 2.27. The number of nitrogens with zero attached hydrogens (tertiary/aromatic N) is 5. The number of aryl methyl sites for hydroxylation is 2. The molecule has 0 fully saturated rings. The highest BCUT2D eigenvalue weighted by atomic mass is 15.2. The van der Waals surface area contributed by atoms with Crippen molar-refractivity contribution in [1.82, 2.24) is 19.9 Å². The summed E-state index contributed by atoms with van der Waals surface area (Å²) in [5, 5.41) is 6.01. The lowest BCUT2D eigenvalue weighted by Crippen LogP contribution is -2.36. The minimum absolute atomic E-state index is 0.154. The van der Waals surface area contributed by atoms with E-state index in [1.165, 1.54) is 44.2 Å². The molecule has 0 bridgehead atoms. The first-order valence-electron chi connectivity index (χ1n) is 17.4. The van der Waals surface area contributed by atoms with Gasteiger partial charge in [0.05, 0.1) is 16.7 Å². The Balaban J connectivity index is 1.36. The highest BCUT2D eigenvalue weighted by molar-refractivity contribution is 6.15. The van der Waals surface area contributed by atoms with Crippen LogP contribution in [0.15, 0.2) is 162 Å². The van der Waals surface area contributed by atoms with E-state index >= 15 is 0 Å². The van der Waals surface area contributed by atoms with Crippen molar-refractivity contribution < 1.29 is 0 Å². The van der Waals surface area contributed by atoms with E-state index in [0.717, 1.165) is 45.9 Å². The van der Waals surface area contributed by atoms with Crippen molar-refractivity contribution in [3.8, 4) is 16.8 Å². The van der Waals surface area contributed by atoms with Crippen molar-refractivity contribution in [3.05, 3.63) is 186 Å². The third-order valence-electron chi connectivity index (χ3n) is 9.83. The molecule has 1 aliphatic heterocycles. The summed E-state index contributed by atoms with van der Waals surface area (Å²) in [5.74, 6) is 1.60. The molecule has 246 valence electrons. The Labute approximate surface area is 297 Å². The molecule has 2 aliphatic rings. The fourth-order valence-corrected chi connectivity index (χ4v) is 7.40. The zero-order chi connectivity index (χ0) is 34.3. The van der Waals surface area contributed by atoms with Gasteiger partial charge >= 0.3 is 0 Å². The van der Waals surface area contributed by atoms with E-state index in [0.29, 0.717) is 0 Å². The molecule has 9 rings (SSSR count). The van der Waals surface area contributed by atoms with E-state index in [2.05, 4.69) is 137 Å². The molecule has 1 atom stereocenters. The van der Waals surface area contributed by atoms with Gasteiger partial charge in [-0.15, -0.1) is 0 Å². The summed E-state index contributed by atoms with van der Waals surface area (Å²) < 4.78 is 2.49. The van der Waals surface area contributed by atoms with Gasteiger partial charge in [0.2, 0.25) is 0 Å². The SMILES string of the molecule is Cc1ccc2c(c1)c1cc(C)ccc1n2-c1c(-c2ccccc2)cc(C2N=C(c3cccnc3)NC(c3cccnc3)=N2)cc1C1C=CC=CC1. The van der Waals surface area contributed by atoms with Crippen LogP contribution in [-0.2, 0) is 0 Å². The summed E-state index contributed by atoms with van der Waals surface area (Å²) >= 11 is 0. The smallest absolute Gasteiger partial charge is 0.169 e. The Bertz CT molecular complexity index is 2430. The van der Waals surface area contributed by atoms with Crippen molar-refractivity contribution in [2.45, 2.75) is 32.4 Å². The van der Waals surface area contributed by atoms with Gasteiger partial charge in [-0.3, -0.25) is 9.97 Å². The van der Waals surface area contributed by atoms with Crippen LogP contribution in [0.1, 0.15) is 51.9 Å². The van der Waals surface area contributed by atoms with Crippen LogP contribution in [0.5, 0.6) is 0 Å². The van der Waals surface area contributed by atoms with Crippen molar-refractivity contribution in [2.75, 3.05) is 0 Å². The predicted molar refractivity (Wildman–Crippen MR) is 209 cm³/mol. The molecule has 0 radical (unpaired) electrons. The number of aliphatic imine (C=N–C) groups is 2. The average molecular weight is 661 g/mol. The average Bonchev–Trinajstić information content (AvgIpc) is 3.50. The number of nitrogens with one attached hydrogen (secondary N) is 1. The lowest BCUT2D eigenvalue weighted by molar-refractivity contribution is 0.748. The highest BCUT2D eigenvalue weighted by Crippen LogP contribution is 2.44. The quantitative estimate of drug-likeness (QED) is 0.193. The van der Waals surface area contributed by atoms with E-state index in [-0.39, 0.29) is 5.92 Å². The summed E-state index contributed by atoms with van der Waals surface area (Å²) in [5.41, 5.74) is 12.4. The third kappa shape index (κ3) is 5.65. The first-order valence-corrected chi connectivity index (χ1v) is 17.4. The Morgan fingerprint density at radius 2 is 1.27 bits per heavy atom. The first-order chi connectivity index (χ1) is 25.1. The lowest BCUT2D eigenvalue weighted by atomic mass is 9.86. The van der Waals surface area contributed by atoms with Crippen molar-refractivity contribution in [2.24, 2.45) is 9.98 Å². The molecule has 0 spiro atoms.